The Morgan fingerprint density at radius 1 is 1.30 bits per heavy atom. The van der Waals surface area contributed by atoms with E-state index in [0.717, 1.165) is 37.3 Å². The van der Waals surface area contributed by atoms with Gasteiger partial charge in [-0.3, -0.25) is 14.7 Å². The van der Waals surface area contributed by atoms with Crippen molar-refractivity contribution in [2.24, 2.45) is 5.92 Å². The average Bonchev–Trinajstić information content (AvgIpc) is 2.81. The van der Waals surface area contributed by atoms with Gasteiger partial charge in [-0.15, -0.1) is 0 Å². The summed E-state index contributed by atoms with van der Waals surface area (Å²) in [5, 5.41) is 6.32. The van der Waals surface area contributed by atoms with Gasteiger partial charge in [-0.2, -0.15) is 0 Å². The number of urea groups is 1. The predicted molar refractivity (Wildman–Crippen MR) is 86.7 cm³/mol. The molecule has 2 saturated heterocycles. The molecule has 0 radical (unpaired) electrons. The SMILES string of the molecule is CCC1(C2CCNCC2)NC(=O)N(Cc2cccc(C)n2)C1=O. The zero-order chi connectivity index (χ0) is 16.4. The number of hydrogen-bond acceptors (Lipinski definition) is 4. The zero-order valence-electron chi connectivity index (χ0n) is 13.8. The second-order valence-electron chi connectivity index (χ2n) is 6.44. The van der Waals surface area contributed by atoms with E-state index < -0.39 is 5.54 Å². The number of nitrogens with zero attached hydrogens (tertiary/aromatic N) is 2. The van der Waals surface area contributed by atoms with Crippen molar-refractivity contribution in [2.45, 2.75) is 45.2 Å². The molecule has 3 rings (SSSR count). The average molecular weight is 316 g/mol. The molecule has 0 aliphatic carbocycles. The van der Waals surface area contributed by atoms with Gasteiger partial charge in [-0.1, -0.05) is 13.0 Å². The summed E-state index contributed by atoms with van der Waals surface area (Å²) < 4.78 is 0. The quantitative estimate of drug-likeness (QED) is 0.827. The number of pyridine rings is 1. The van der Waals surface area contributed by atoms with Gasteiger partial charge in [0.05, 0.1) is 12.2 Å². The lowest BCUT2D eigenvalue weighted by Crippen LogP contribution is -2.55. The Bertz CT molecular complexity index is 612. The summed E-state index contributed by atoms with van der Waals surface area (Å²) in [7, 11) is 0. The number of carbonyl (C=O) groups excluding carboxylic acids is 2. The number of hydrogen-bond donors (Lipinski definition) is 2. The molecule has 0 spiro atoms. The summed E-state index contributed by atoms with van der Waals surface area (Å²) in [5.41, 5.74) is 0.878. The second kappa shape index (κ2) is 6.28. The van der Waals surface area contributed by atoms with Gasteiger partial charge in [0.15, 0.2) is 0 Å². The van der Waals surface area contributed by atoms with Crippen LogP contribution in [0.15, 0.2) is 18.2 Å². The number of piperidine rings is 1. The Morgan fingerprint density at radius 2 is 2.04 bits per heavy atom. The number of rotatable bonds is 4. The van der Waals surface area contributed by atoms with E-state index in [0.29, 0.717) is 6.42 Å². The molecular formula is C17H24N4O2. The number of carbonyl (C=O) groups is 2. The molecule has 0 aromatic carbocycles. The van der Waals surface area contributed by atoms with Crippen LogP contribution in [0.5, 0.6) is 0 Å². The van der Waals surface area contributed by atoms with Gasteiger partial charge in [-0.25, -0.2) is 4.79 Å². The molecule has 1 unspecified atom stereocenters. The molecule has 6 nitrogen and oxygen atoms in total. The van der Waals surface area contributed by atoms with Crippen LogP contribution in [0.3, 0.4) is 0 Å². The van der Waals surface area contributed by atoms with Gasteiger partial charge >= 0.3 is 6.03 Å². The molecule has 1 atom stereocenters. The van der Waals surface area contributed by atoms with Crippen LogP contribution in [0.1, 0.15) is 37.6 Å². The first-order valence-corrected chi connectivity index (χ1v) is 8.34. The maximum atomic E-state index is 13.1. The highest BCUT2D eigenvalue weighted by atomic mass is 16.2. The molecule has 1 aromatic rings. The van der Waals surface area contributed by atoms with Crippen molar-refractivity contribution in [3.63, 3.8) is 0 Å². The van der Waals surface area contributed by atoms with E-state index in [9.17, 15) is 9.59 Å². The molecule has 1 aromatic heterocycles. The highest BCUT2D eigenvalue weighted by Gasteiger charge is 2.54. The molecule has 124 valence electrons. The van der Waals surface area contributed by atoms with E-state index >= 15 is 0 Å². The minimum Gasteiger partial charge on any atom is -0.323 e. The first kappa shape index (κ1) is 15.9. The summed E-state index contributed by atoms with van der Waals surface area (Å²) in [6.45, 7) is 5.92. The Kier molecular flexibility index (Phi) is 4.35. The van der Waals surface area contributed by atoms with Gasteiger partial charge in [0.25, 0.3) is 5.91 Å². The van der Waals surface area contributed by atoms with Crippen molar-refractivity contribution < 1.29 is 9.59 Å². The normalized spacial score (nSPS) is 25.7. The van der Waals surface area contributed by atoms with Crippen molar-refractivity contribution in [1.29, 1.82) is 0 Å². The lowest BCUT2D eigenvalue weighted by atomic mass is 9.76. The van der Waals surface area contributed by atoms with Crippen LogP contribution in [0.25, 0.3) is 0 Å². The van der Waals surface area contributed by atoms with Crippen LogP contribution < -0.4 is 10.6 Å². The fourth-order valence-electron chi connectivity index (χ4n) is 3.76. The Hall–Kier alpha value is -1.95. The molecule has 0 saturated carbocycles. The fourth-order valence-corrected chi connectivity index (χ4v) is 3.76. The van der Waals surface area contributed by atoms with Crippen LogP contribution in [0, 0.1) is 12.8 Å². The van der Waals surface area contributed by atoms with E-state index in [-0.39, 0.29) is 24.4 Å². The minimum absolute atomic E-state index is 0.0970. The van der Waals surface area contributed by atoms with Gasteiger partial charge in [0, 0.05) is 5.69 Å². The molecule has 2 aliphatic rings. The molecule has 2 N–H and O–H groups in total. The summed E-state index contributed by atoms with van der Waals surface area (Å²) in [6, 6.07) is 5.36. The van der Waals surface area contributed by atoms with Crippen LogP contribution in [0.2, 0.25) is 0 Å². The van der Waals surface area contributed by atoms with Crippen molar-refractivity contribution in [2.75, 3.05) is 13.1 Å². The Labute approximate surface area is 136 Å². The van der Waals surface area contributed by atoms with E-state index in [2.05, 4.69) is 15.6 Å². The van der Waals surface area contributed by atoms with Crippen LogP contribution in [-0.4, -0.2) is 40.5 Å². The lowest BCUT2D eigenvalue weighted by Gasteiger charge is -2.37. The highest BCUT2D eigenvalue weighted by Crippen LogP contribution is 2.35. The highest BCUT2D eigenvalue weighted by molar-refractivity contribution is 6.07. The molecular weight excluding hydrogens is 292 g/mol. The van der Waals surface area contributed by atoms with Crippen LogP contribution in [-0.2, 0) is 11.3 Å². The van der Waals surface area contributed by atoms with Gasteiger partial charge in [-0.05, 0) is 57.3 Å². The molecule has 2 fully saturated rings. The molecule has 3 heterocycles. The van der Waals surface area contributed by atoms with Gasteiger partial charge in [0.2, 0.25) is 0 Å². The van der Waals surface area contributed by atoms with E-state index in [1.165, 1.54) is 4.90 Å². The standard InChI is InChI=1S/C17H24N4O2/c1-3-17(13-7-9-18-10-8-13)15(22)21(16(23)20-17)11-14-6-4-5-12(2)19-14/h4-6,13,18H,3,7-11H2,1-2H3,(H,20,23). The number of aryl methyl sites for hydroxylation is 1. The maximum absolute atomic E-state index is 13.1. The third-order valence-corrected chi connectivity index (χ3v) is 5.06. The van der Waals surface area contributed by atoms with Crippen molar-refractivity contribution in [3.8, 4) is 0 Å². The maximum Gasteiger partial charge on any atom is 0.325 e. The molecule has 23 heavy (non-hydrogen) atoms. The zero-order valence-corrected chi connectivity index (χ0v) is 13.8. The minimum atomic E-state index is -0.747. The smallest absolute Gasteiger partial charge is 0.323 e. The summed E-state index contributed by atoms with van der Waals surface area (Å²) in [4.78, 5) is 31.2. The number of aromatic nitrogens is 1. The topological polar surface area (TPSA) is 74.3 Å². The lowest BCUT2D eigenvalue weighted by molar-refractivity contribution is -0.134. The van der Waals surface area contributed by atoms with E-state index in [1.807, 2.05) is 32.0 Å². The predicted octanol–water partition coefficient (Wildman–Crippen LogP) is 1.59. The first-order chi connectivity index (χ1) is 11.1. The van der Waals surface area contributed by atoms with E-state index in [1.54, 1.807) is 0 Å². The summed E-state index contributed by atoms with van der Waals surface area (Å²) in [5.74, 6) is 0.0980. The largest absolute Gasteiger partial charge is 0.325 e. The van der Waals surface area contributed by atoms with Gasteiger partial charge in [0.1, 0.15) is 5.54 Å². The van der Waals surface area contributed by atoms with Crippen molar-refractivity contribution >= 4 is 11.9 Å². The molecule has 0 bridgehead atoms. The van der Waals surface area contributed by atoms with Crippen molar-refractivity contribution in [3.05, 3.63) is 29.6 Å². The third-order valence-electron chi connectivity index (χ3n) is 5.06. The van der Waals surface area contributed by atoms with Crippen molar-refractivity contribution in [1.82, 2.24) is 20.5 Å². The Morgan fingerprint density at radius 3 is 2.70 bits per heavy atom. The number of amides is 3. The second-order valence-corrected chi connectivity index (χ2v) is 6.44. The molecule has 6 heteroatoms. The summed E-state index contributed by atoms with van der Waals surface area (Å²) >= 11 is 0. The summed E-state index contributed by atoms with van der Waals surface area (Å²) in [6.07, 6.45) is 2.45. The fraction of sp³-hybridized carbons (Fsp3) is 0.588. The Balaban J connectivity index is 1.83. The first-order valence-electron chi connectivity index (χ1n) is 8.34. The van der Waals surface area contributed by atoms with Gasteiger partial charge < -0.3 is 10.6 Å². The van der Waals surface area contributed by atoms with E-state index in [4.69, 9.17) is 0 Å². The number of imide groups is 1. The molecule has 2 aliphatic heterocycles. The monoisotopic (exact) mass is 316 g/mol. The molecule has 3 amide bonds. The van der Waals surface area contributed by atoms with Crippen LogP contribution >= 0.6 is 0 Å². The number of nitrogens with one attached hydrogen (secondary N) is 2. The van der Waals surface area contributed by atoms with Crippen LogP contribution in [0.4, 0.5) is 4.79 Å². The third kappa shape index (κ3) is 2.83.